The van der Waals surface area contributed by atoms with Crippen molar-refractivity contribution in [2.75, 3.05) is 10.2 Å². The fourth-order valence-electron chi connectivity index (χ4n) is 5.42. The first-order valence-corrected chi connectivity index (χ1v) is 14.4. The normalized spacial score (nSPS) is 16.1. The van der Waals surface area contributed by atoms with Crippen LogP contribution in [0.2, 0.25) is 0 Å². The van der Waals surface area contributed by atoms with E-state index in [4.69, 9.17) is 4.98 Å². The first-order valence-electron chi connectivity index (χ1n) is 14.4. The number of carbonyl (C=O) groups excluding carboxylic acids is 1. The Balaban J connectivity index is 1.17. The van der Waals surface area contributed by atoms with Crippen molar-refractivity contribution in [3.63, 3.8) is 0 Å². The second-order valence-electron chi connectivity index (χ2n) is 10.7. The largest absolute Gasteiger partial charge is 0.351 e. The lowest BCUT2D eigenvalue weighted by Gasteiger charge is -2.36. The average Bonchev–Trinajstić information content (AvgIpc) is 3.52. The minimum absolute atomic E-state index is 0.0422. The van der Waals surface area contributed by atoms with Gasteiger partial charge in [-0.3, -0.25) is 9.58 Å². The highest BCUT2D eigenvalue weighted by Crippen LogP contribution is 2.30. The molecule has 220 valence electrons. The van der Waals surface area contributed by atoms with Gasteiger partial charge in [-0.1, -0.05) is 30.3 Å². The minimum atomic E-state index is -0.183. The fourth-order valence-corrected chi connectivity index (χ4v) is 5.42. The second kappa shape index (κ2) is 13.1. The fraction of sp³-hybridized carbons (Fsp3) is 0.250. The molecule has 2 amide bonds. The van der Waals surface area contributed by atoms with Gasteiger partial charge < -0.3 is 10.6 Å². The monoisotopic (exact) mass is 585 g/mol. The van der Waals surface area contributed by atoms with E-state index in [0.29, 0.717) is 35.1 Å². The van der Waals surface area contributed by atoms with E-state index in [0.717, 1.165) is 42.4 Å². The Kier molecular flexibility index (Phi) is 8.45. The molecule has 12 nitrogen and oxygen atoms in total. The number of nitriles is 1. The Morgan fingerprint density at radius 3 is 2.43 bits per heavy atom. The molecule has 44 heavy (non-hydrogen) atoms. The number of nitrogens with zero attached hydrogens (tertiary/aromatic N) is 9. The highest BCUT2D eigenvalue weighted by atomic mass is 16.2. The number of amides is 2. The van der Waals surface area contributed by atoms with E-state index >= 15 is 0 Å². The molecule has 2 N–H and O–H groups in total. The van der Waals surface area contributed by atoms with Gasteiger partial charge in [-0.05, 0) is 43.4 Å². The smallest absolute Gasteiger partial charge is 0.323 e. The summed E-state index contributed by atoms with van der Waals surface area (Å²) in [6, 6.07) is 15.7. The predicted octanol–water partition coefficient (Wildman–Crippen LogP) is 4.74. The van der Waals surface area contributed by atoms with Gasteiger partial charge in [0, 0.05) is 67.2 Å². The average molecular weight is 586 g/mol. The number of aromatic nitrogens is 7. The molecule has 1 aromatic carbocycles. The van der Waals surface area contributed by atoms with Crippen molar-refractivity contribution in [3.05, 3.63) is 97.1 Å². The number of benzene rings is 1. The van der Waals surface area contributed by atoms with Crippen molar-refractivity contribution in [1.29, 1.82) is 5.26 Å². The van der Waals surface area contributed by atoms with Crippen molar-refractivity contribution in [2.45, 2.75) is 44.3 Å². The van der Waals surface area contributed by atoms with E-state index in [1.54, 1.807) is 34.4 Å². The van der Waals surface area contributed by atoms with Crippen LogP contribution in [0.15, 0.2) is 86.0 Å². The quantitative estimate of drug-likeness (QED) is 0.263. The summed E-state index contributed by atoms with van der Waals surface area (Å²) < 4.78 is 1.75. The summed E-state index contributed by atoms with van der Waals surface area (Å²) in [6.45, 7) is 0.422. The Bertz CT molecular complexity index is 1740. The third-order valence-corrected chi connectivity index (χ3v) is 7.68. The lowest BCUT2D eigenvalue weighted by atomic mass is 9.90. The molecule has 4 heterocycles. The van der Waals surface area contributed by atoms with Gasteiger partial charge in [-0.2, -0.15) is 10.4 Å². The number of nitrogens with one attached hydrogen (secondary N) is 2. The minimum Gasteiger partial charge on any atom is -0.351 e. The summed E-state index contributed by atoms with van der Waals surface area (Å²) >= 11 is 0. The third kappa shape index (κ3) is 6.52. The van der Waals surface area contributed by atoms with Gasteiger partial charge >= 0.3 is 6.03 Å². The number of hydrogen-bond acceptors (Lipinski definition) is 9. The molecule has 0 radical (unpaired) electrons. The Hall–Kier alpha value is -5.70. The molecule has 0 spiro atoms. The highest BCUT2D eigenvalue weighted by molar-refractivity contribution is 5.91. The molecular formula is C32H31N11O. The molecule has 12 heteroatoms. The van der Waals surface area contributed by atoms with Crippen LogP contribution in [-0.4, -0.2) is 52.8 Å². The molecular weight excluding hydrogens is 554 g/mol. The zero-order valence-corrected chi connectivity index (χ0v) is 24.2. The van der Waals surface area contributed by atoms with Gasteiger partial charge in [0.05, 0.1) is 23.7 Å². The van der Waals surface area contributed by atoms with Gasteiger partial charge in [-0.15, -0.1) is 0 Å². The molecule has 1 aliphatic carbocycles. The van der Waals surface area contributed by atoms with E-state index in [2.05, 4.69) is 41.7 Å². The van der Waals surface area contributed by atoms with Crippen molar-refractivity contribution >= 4 is 17.8 Å². The second-order valence-corrected chi connectivity index (χ2v) is 10.7. The molecule has 4 aromatic heterocycles. The van der Waals surface area contributed by atoms with Crippen molar-refractivity contribution in [1.82, 2.24) is 40.0 Å². The van der Waals surface area contributed by atoms with Crippen LogP contribution >= 0.6 is 0 Å². The molecule has 5 aromatic rings. The van der Waals surface area contributed by atoms with Gasteiger partial charge in [0.1, 0.15) is 18.2 Å². The molecule has 0 atom stereocenters. The SMILES string of the molecule is Cn1cc(-c2ccc(N(C(=O)NCc3ccccc3)C3CCC(Nc4ncc(C#N)c(-c5cncnc5)n4)CC3)nc2)cn1. The van der Waals surface area contributed by atoms with Gasteiger partial charge in [0.25, 0.3) is 0 Å². The van der Waals surface area contributed by atoms with Crippen LogP contribution in [0.1, 0.15) is 36.8 Å². The van der Waals surface area contributed by atoms with E-state index in [-0.39, 0.29) is 18.1 Å². The molecule has 1 aliphatic rings. The molecule has 6 rings (SSSR count). The van der Waals surface area contributed by atoms with Gasteiger partial charge in [0.2, 0.25) is 5.95 Å². The molecule has 0 saturated heterocycles. The van der Waals surface area contributed by atoms with Crippen LogP contribution in [0.4, 0.5) is 16.6 Å². The molecule has 1 saturated carbocycles. The van der Waals surface area contributed by atoms with E-state index in [1.165, 1.54) is 12.5 Å². The number of anilines is 2. The highest BCUT2D eigenvalue weighted by Gasteiger charge is 2.31. The third-order valence-electron chi connectivity index (χ3n) is 7.68. The van der Waals surface area contributed by atoms with Crippen molar-refractivity contribution in [3.8, 4) is 28.5 Å². The Morgan fingerprint density at radius 2 is 1.75 bits per heavy atom. The van der Waals surface area contributed by atoms with Crippen molar-refractivity contribution in [2.24, 2.45) is 7.05 Å². The molecule has 0 bridgehead atoms. The number of carbonyl (C=O) groups is 1. The number of pyridine rings is 1. The summed E-state index contributed by atoms with van der Waals surface area (Å²) in [5.74, 6) is 1.04. The van der Waals surface area contributed by atoms with Crippen LogP contribution in [0.5, 0.6) is 0 Å². The van der Waals surface area contributed by atoms with Crippen LogP contribution in [0.25, 0.3) is 22.4 Å². The maximum Gasteiger partial charge on any atom is 0.323 e. The standard InChI is InChI=1S/C32H31N11O/c1-42-20-26(19-39-42)23-7-12-29(36-17-23)43(32(44)38-14-22-5-3-2-4-6-22)28-10-8-27(9-11-28)40-31-37-18-24(13-33)30(41-31)25-15-34-21-35-16-25/h2-7,12,15-21,27-28H,8-11,14H2,1H3,(H,38,44)(H,37,40,41). The molecule has 0 aliphatic heterocycles. The first-order chi connectivity index (χ1) is 21.6. The number of aryl methyl sites for hydroxylation is 1. The molecule has 0 unspecified atom stereocenters. The van der Waals surface area contributed by atoms with E-state index in [9.17, 15) is 10.1 Å². The maximum atomic E-state index is 13.7. The van der Waals surface area contributed by atoms with Crippen LogP contribution < -0.4 is 15.5 Å². The van der Waals surface area contributed by atoms with Crippen molar-refractivity contribution < 1.29 is 4.79 Å². The van der Waals surface area contributed by atoms with Crippen LogP contribution in [0, 0.1) is 11.3 Å². The lowest BCUT2D eigenvalue weighted by molar-refractivity contribution is 0.240. The summed E-state index contributed by atoms with van der Waals surface area (Å²) in [5.41, 5.74) is 4.42. The van der Waals surface area contributed by atoms with E-state index in [1.807, 2.05) is 55.7 Å². The zero-order chi connectivity index (χ0) is 30.3. The summed E-state index contributed by atoms with van der Waals surface area (Å²) in [7, 11) is 1.87. The number of urea groups is 1. The topological polar surface area (TPSA) is 150 Å². The Morgan fingerprint density at radius 1 is 0.955 bits per heavy atom. The summed E-state index contributed by atoms with van der Waals surface area (Å²) in [4.78, 5) is 37.3. The van der Waals surface area contributed by atoms with Gasteiger partial charge in [-0.25, -0.2) is 29.7 Å². The Labute approximate surface area is 254 Å². The number of hydrogen-bond donors (Lipinski definition) is 2. The van der Waals surface area contributed by atoms with Gasteiger partial charge in [0.15, 0.2) is 0 Å². The van der Waals surface area contributed by atoms with E-state index < -0.39 is 0 Å². The summed E-state index contributed by atoms with van der Waals surface area (Å²) in [6.07, 6.45) is 14.8. The lowest BCUT2D eigenvalue weighted by Crippen LogP contribution is -2.49. The van der Waals surface area contributed by atoms with Crippen LogP contribution in [0.3, 0.4) is 0 Å². The zero-order valence-electron chi connectivity index (χ0n) is 24.2. The molecule has 1 fully saturated rings. The number of rotatable bonds is 8. The first kappa shape index (κ1) is 28.4. The van der Waals surface area contributed by atoms with Crippen LogP contribution in [-0.2, 0) is 13.6 Å². The predicted molar refractivity (Wildman–Crippen MR) is 165 cm³/mol. The summed E-state index contributed by atoms with van der Waals surface area (Å²) in [5, 5.41) is 20.3. The maximum absolute atomic E-state index is 13.7.